The maximum Gasteiger partial charge on any atom is 0.410 e. The average Bonchev–Trinajstić information content (AvgIpc) is 2.69. The summed E-state index contributed by atoms with van der Waals surface area (Å²) in [6.07, 6.45) is -1.04. The third kappa shape index (κ3) is 5.84. The van der Waals surface area contributed by atoms with Crippen LogP contribution in [0.1, 0.15) is 44.0 Å². The Balaban J connectivity index is 1.51. The number of piperidine rings is 1. The first-order valence-corrected chi connectivity index (χ1v) is 10.4. The molecule has 2 heterocycles. The molecule has 30 heavy (non-hydrogen) atoms. The Hall–Kier alpha value is -2.36. The highest BCUT2D eigenvalue weighted by Crippen LogP contribution is 2.19. The number of piperazine rings is 1. The number of anilines is 1. The normalized spacial score (nSPS) is 25.0. The molecule has 2 amide bonds. The Morgan fingerprint density at radius 2 is 1.70 bits per heavy atom. The van der Waals surface area contributed by atoms with Crippen molar-refractivity contribution in [2.45, 2.75) is 57.7 Å². The van der Waals surface area contributed by atoms with Crippen LogP contribution in [0.2, 0.25) is 0 Å². The van der Waals surface area contributed by atoms with Gasteiger partial charge in [0.1, 0.15) is 18.1 Å². The summed E-state index contributed by atoms with van der Waals surface area (Å²) in [5, 5.41) is 24.8. The van der Waals surface area contributed by atoms with Gasteiger partial charge >= 0.3 is 6.09 Å². The fourth-order valence-electron chi connectivity index (χ4n) is 3.59. The summed E-state index contributed by atoms with van der Waals surface area (Å²) in [4.78, 5) is 28.5. The molecule has 2 aliphatic heterocycles. The molecule has 0 saturated carbocycles. The van der Waals surface area contributed by atoms with Gasteiger partial charge in [-0.3, -0.25) is 10.1 Å². The number of hydrogen-bond donors (Lipinski definition) is 4. The van der Waals surface area contributed by atoms with E-state index < -0.39 is 24.1 Å². The molecule has 1 aromatic carbocycles. The Bertz CT molecular complexity index is 741. The van der Waals surface area contributed by atoms with Crippen molar-refractivity contribution in [2.75, 3.05) is 31.1 Å². The van der Waals surface area contributed by atoms with Crippen LogP contribution in [0.5, 0.6) is 0 Å². The van der Waals surface area contributed by atoms with Crippen molar-refractivity contribution in [2.24, 2.45) is 0 Å². The fourth-order valence-corrected chi connectivity index (χ4v) is 3.59. The SMILES string of the molecule is CC(C)(C)OC(=O)N1CCN(c2ccc(C(=O)NC3CCC(O)NC3O)cc2)CC1. The number of nitrogens with one attached hydrogen (secondary N) is 2. The van der Waals surface area contributed by atoms with Crippen LogP contribution in [-0.2, 0) is 4.74 Å². The first-order chi connectivity index (χ1) is 14.1. The van der Waals surface area contributed by atoms with Crippen LogP contribution in [0.4, 0.5) is 10.5 Å². The topological polar surface area (TPSA) is 114 Å². The van der Waals surface area contributed by atoms with Gasteiger partial charge in [0, 0.05) is 37.4 Å². The summed E-state index contributed by atoms with van der Waals surface area (Å²) in [5.41, 5.74) is 0.982. The number of carbonyl (C=O) groups is 2. The van der Waals surface area contributed by atoms with E-state index >= 15 is 0 Å². The predicted molar refractivity (Wildman–Crippen MR) is 112 cm³/mol. The summed E-state index contributed by atoms with van der Waals surface area (Å²) in [7, 11) is 0. The lowest BCUT2D eigenvalue weighted by atomic mass is 10.0. The summed E-state index contributed by atoms with van der Waals surface area (Å²) >= 11 is 0. The van der Waals surface area contributed by atoms with E-state index in [1.165, 1.54) is 0 Å². The first kappa shape index (κ1) is 22.3. The number of rotatable bonds is 3. The van der Waals surface area contributed by atoms with E-state index in [9.17, 15) is 19.8 Å². The lowest BCUT2D eigenvalue weighted by Crippen LogP contribution is -2.56. The lowest BCUT2D eigenvalue weighted by Gasteiger charge is -2.36. The Morgan fingerprint density at radius 3 is 2.27 bits per heavy atom. The van der Waals surface area contributed by atoms with Crippen molar-refractivity contribution in [3.8, 4) is 0 Å². The number of amides is 2. The molecule has 0 radical (unpaired) electrons. The van der Waals surface area contributed by atoms with Crippen molar-refractivity contribution in [3.05, 3.63) is 29.8 Å². The zero-order chi connectivity index (χ0) is 21.9. The minimum absolute atomic E-state index is 0.265. The maximum atomic E-state index is 12.5. The van der Waals surface area contributed by atoms with Crippen molar-refractivity contribution in [1.29, 1.82) is 0 Å². The standard InChI is InChI=1S/C21H32N4O5/c1-21(2,3)30-20(29)25-12-10-24(11-13-25)15-6-4-14(5-7-15)18(27)22-16-8-9-17(26)23-19(16)28/h4-7,16-17,19,23,26,28H,8-13H2,1-3H3,(H,22,27). The van der Waals surface area contributed by atoms with Gasteiger partial charge in [-0.15, -0.1) is 0 Å². The monoisotopic (exact) mass is 420 g/mol. The zero-order valence-corrected chi connectivity index (χ0v) is 17.8. The van der Waals surface area contributed by atoms with Gasteiger partial charge in [0.05, 0.1) is 6.04 Å². The molecule has 4 N–H and O–H groups in total. The van der Waals surface area contributed by atoms with Crippen LogP contribution in [-0.4, -0.2) is 77.4 Å². The molecule has 0 aromatic heterocycles. The van der Waals surface area contributed by atoms with Gasteiger partial charge in [0.2, 0.25) is 0 Å². The molecular weight excluding hydrogens is 388 g/mol. The van der Waals surface area contributed by atoms with E-state index in [0.29, 0.717) is 44.6 Å². The third-order valence-corrected chi connectivity index (χ3v) is 5.24. The van der Waals surface area contributed by atoms with Crippen LogP contribution in [0.15, 0.2) is 24.3 Å². The highest BCUT2D eigenvalue weighted by molar-refractivity contribution is 5.94. The second kappa shape index (κ2) is 9.20. The van der Waals surface area contributed by atoms with E-state index in [2.05, 4.69) is 15.5 Å². The third-order valence-electron chi connectivity index (χ3n) is 5.24. The number of hydrogen-bond acceptors (Lipinski definition) is 7. The van der Waals surface area contributed by atoms with Gasteiger partial charge < -0.3 is 30.1 Å². The van der Waals surface area contributed by atoms with Crippen LogP contribution >= 0.6 is 0 Å². The van der Waals surface area contributed by atoms with E-state index in [4.69, 9.17) is 4.74 Å². The van der Waals surface area contributed by atoms with Crippen molar-refractivity contribution < 1.29 is 24.5 Å². The van der Waals surface area contributed by atoms with E-state index in [1.54, 1.807) is 17.0 Å². The molecule has 3 atom stereocenters. The summed E-state index contributed by atoms with van der Waals surface area (Å²) in [5.74, 6) is -0.265. The van der Waals surface area contributed by atoms with Crippen LogP contribution in [0.3, 0.4) is 0 Å². The lowest BCUT2D eigenvalue weighted by molar-refractivity contribution is -0.0161. The Kier molecular flexibility index (Phi) is 6.84. The van der Waals surface area contributed by atoms with Crippen LogP contribution in [0.25, 0.3) is 0 Å². The van der Waals surface area contributed by atoms with Gasteiger partial charge in [-0.1, -0.05) is 0 Å². The highest BCUT2D eigenvalue weighted by atomic mass is 16.6. The summed E-state index contributed by atoms with van der Waals surface area (Å²) < 4.78 is 5.42. The molecule has 166 valence electrons. The molecule has 2 saturated heterocycles. The van der Waals surface area contributed by atoms with Crippen LogP contribution in [0, 0.1) is 0 Å². The Morgan fingerprint density at radius 1 is 1.07 bits per heavy atom. The molecular formula is C21H32N4O5. The van der Waals surface area contributed by atoms with Crippen LogP contribution < -0.4 is 15.5 Å². The number of ether oxygens (including phenoxy) is 1. The van der Waals surface area contributed by atoms with Gasteiger partial charge in [0.15, 0.2) is 0 Å². The number of aliphatic hydroxyl groups is 2. The van der Waals surface area contributed by atoms with Crippen molar-refractivity contribution in [3.63, 3.8) is 0 Å². The highest BCUT2D eigenvalue weighted by Gasteiger charge is 2.29. The fraction of sp³-hybridized carbons (Fsp3) is 0.619. The second-order valence-corrected chi connectivity index (χ2v) is 8.79. The smallest absolute Gasteiger partial charge is 0.410 e. The number of nitrogens with zero attached hydrogens (tertiary/aromatic N) is 2. The Labute approximate surface area is 177 Å². The molecule has 1 aromatic rings. The minimum Gasteiger partial charge on any atom is -0.444 e. The number of carbonyl (C=O) groups excluding carboxylic acids is 2. The molecule has 0 aliphatic carbocycles. The van der Waals surface area contributed by atoms with E-state index in [0.717, 1.165) is 5.69 Å². The predicted octanol–water partition coefficient (Wildman–Crippen LogP) is 0.862. The van der Waals surface area contributed by atoms with E-state index in [1.807, 2.05) is 32.9 Å². The second-order valence-electron chi connectivity index (χ2n) is 8.79. The number of aliphatic hydroxyl groups excluding tert-OH is 2. The molecule has 0 bridgehead atoms. The molecule has 2 fully saturated rings. The first-order valence-electron chi connectivity index (χ1n) is 10.4. The maximum absolute atomic E-state index is 12.5. The molecule has 2 aliphatic rings. The van der Waals surface area contributed by atoms with Gasteiger partial charge in [-0.05, 0) is 57.9 Å². The summed E-state index contributed by atoms with van der Waals surface area (Å²) in [6, 6.07) is 6.83. The van der Waals surface area contributed by atoms with E-state index in [-0.39, 0.29) is 12.0 Å². The molecule has 3 rings (SSSR count). The van der Waals surface area contributed by atoms with Crippen molar-refractivity contribution in [1.82, 2.24) is 15.5 Å². The quantitative estimate of drug-likeness (QED) is 0.573. The molecule has 9 nitrogen and oxygen atoms in total. The van der Waals surface area contributed by atoms with Gasteiger partial charge in [0.25, 0.3) is 5.91 Å². The molecule has 3 unspecified atom stereocenters. The largest absolute Gasteiger partial charge is 0.444 e. The van der Waals surface area contributed by atoms with Crippen molar-refractivity contribution >= 4 is 17.7 Å². The minimum atomic E-state index is -0.974. The summed E-state index contributed by atoms with van der Waals surface area (Å²) in [6.45, 7) is 8.10. The molecule has 9 heteroatoms. The zero-order valence-electron chi connectivity index (χ0n) is 17.8. The van der Waals surface area contributed by atoms with Gasteiger partial charge in [-0.25, -0.2) is 4.79 Å². The average molecular weight is 421 g/mol. The van der Waals surface area contributed by atoms with Gasteiger partial charge in [-0.2, -0.15) is 0 Å². The number of benzene rings is 1. The molecule has 0 spiro atoms.